The van der Waals surface area contributed by atoms with E-state index in [0.717, 1.165) is 31.6 Å². The van der Waals surface area contributed by atoms with E-state index in [2.05, 4.69) is 47.0 Å². The molecule has 3 heterocycles. The van der Waals surface area contributed by atoms with Crippen LogP contribution in [0.1, 0.15) is 42.1 Å². The third-order valence-corrected chi connectivity index (χ3v) is 5.52. The zero-order chi connectivity index (χ0) is 19.3. The zero-order valence-corrected chi connectivity index (χ0v) is 16.3. The summed E-state index contributed by atoms with van der Waals surface area (Å²) in [6.07, 6.45) is 4.69. The number of benzene rings is 1. The number of pyridine rings is 1. The minimum absolute atomic E-state index is 0.100. The monoisotopic (exact) mass is 380 g/mol. The Morgan fingerprint density at radius 3 is 2.79 bits per heavy atom. The van der Waals surface area contributed by atoms with Gasteiger partial charge >= 0.3 is 0 Å². The van der Waals surface area contributed by atoms with Gasteiger partial charge in [0.15, 0.2) is 0 Å². The number of nitrogens with one attached hydrogen (secondary N) is 2. The molecule has 2 aliphatic rings. The van der Waals surface area contributed by atoms with Crippen LogP contribution in [-0.4, -0.2) is 41.1 Å². The normalized spacial score (nSPS) is 24.4. The maximum absolute atomic E-state index is 13.3. The van der Waals surface area contributed by atoms with E-state index in [9.17, 15) is 4.79 Å². The standard InChI is InChI=1S/C22H28N4O2/c1-16-7-9-17(10-8-16)20-13-21(25-24-20)22(27)26(15-19-6-4-12-28-19)14-18-5-2-3-11-23-18/h2-3,5,7-11,19-21,24-25H,4,6,12-15H2,1H3. The smallest absolute Gasteiger partial charge is 0.241 e. The molecule has 1 amide bonds. The summed E-state index contributed by atoms with van der Waals surface area (Å²) in [5.41, 5.74) is 9.83. The fraction of sp³-hybridized carbons (Fsp3) is 0.455. The fourth-order valence-electron chi connectivity index (χ4n) is 3.91. The molecule has 2 N–H and O–H groups in total. The maximum Gasteiger partial charge on any atom is 0.241 e. The minimum atomic E-state index is -0.253. The summed E-state index contributed by atoms with van der Waals surface area (Å²) in [5.74, 6) is 0.100. The van der Waals surface area contributed by atoms with Gasteiger partial charge in [-0.15, -0.1) is 0 Å². The molecule has 0 radical (unpaired) electrons. The Morgan fingerprint density at radius 1 is 1.21 bits per heavy atom. The van der Waals surface area contributed by atoms with Crippen LogP contribution in [0.4, 0.5) is 0 Å². The average molecular weight is 380 g/mol. The number of amides is 1. The second kappa shape index (κ2) is 8.82. The Morgan fingerprint density at radius 2 is 2.07 bits per heavy atom. The Balaban J connectivity index is 1.44. The highest BCUT2D eigenvalue weighted by molar-refractivity contribution is 5.82. The highest BCUT2D eigenvalue weighted by Gasteiger charge is 2.34. The first-order valence-electron chi connectivity index (χ1n) is 10.1. The summed E-state index contributed by atoms with van der Waals surface area (Å²) in [6.45, 7) is 3.99. The largest absolute Gasteiger partial charge is 0.376 e. The van der Waals surface area contributed by atoms with E-state index < -0.39 is 0 Å². The van der Waals surface area contributed by atoms with E-state index in [4.69, 9.17) is 4.74 Å². The number of nitrogens with zero attached hydrogens (tertiary/aromatic N) is 2. The number of hydrogen-bond acceptors (Lipinski definition) is 5. The highest BCUT2D eigenvalue weighted by Crippen LogP contribution is 2.24. The Labute approximate surface area is 166 Å². The van der Waals surface area contributed by atoms with Gasteiger partial charge in [0.1, 0.15) is 6.04 Å². The van der Waals surface area contributed by atoms with Gasteiger partial charge in [-0.05, 0) is 43.9 Å². The number of aromatic nitrogens is 1. The molecule has 1 aromatic carbocycles. The van der Waals surface area contributed by atoms with Gasteiger partial charge in [0.25, 0.3) is 0 Å². The van der Waals surface area contributed by atoms with Gasteiger partial charge in [-0.2, -0.15) is 0 Å². The van der Waals surface area contributed by atoms with Gasteiger partial charge in [-0.3, -0.25) is 9.78 Å². The van der Waals surface area contributed by atoms with Crippen LogP contribution in [0, 0.1) is 6.92 Å². The molecule has 0 aliphatic carbocycles. The molecule has 2 saturated heterocycles. The molecule has 0 bridgehead atoms. The Kier molecular flexibility index (Phi) is 6.00. The highest BCUT2D eigenvalue weighted by atomic mass is 16.5. The van der Waals surface area contributed by atoms with Crippen LogP contribution < -0.4 is 10.9 Å². The van der Waals surface area contributed by atoms with Crippen molar-refractivity contribution in [3.63, 3.8) is 0 Å². The lowest BCUT2D eigenvalue weighted by molar-refractivity contribution is -0.135. The number of rotatable bonds is 6. The molecule has 4 rings (SSSR count). The van der Waals surface area contributed by atoms with Crippen molar-refractivity contribution < 1.29 is 9.53 Å². The number of carbonyl (C=O) groups is 1. The summed E-state index contributed by atoms with van der Waals surface area (Å²) >= 11 is 0. The van der Waals surface area contributed by atoms with Crippen molar-refractivity contribution in [2.75, 3.05) is 13.2 Å². The number of hydrogen-bond donors (Lipinski definition) is 2. The molecule has 2 aromatic rings. The van der Waals surface area contributed by atoms with E-state index in [0.29, 0.717) is 13.1 Å². The minimum Gasteiger partial charge on any atom is -0.376 e. The van der Waals surface area contributed by atoms with Gasteiger partial charge < -0.3 is 9.64 Å². The summed E-state index contributed by atoms with van der Waals surface area (Å²) in [5, 5.41) is 0. The van der Waals surface area contributed by atoms with Crippen LogP contribution in [0.15, 0.2) is 48.7 Å². The van der Waals surface area contributed by atoms with Gasteiger partial charge in [-0.25, -0.2) is 10.9 Å². The van der Waals surface area contributed by atoms with Crippen molar-refractivity contribution in [3.8, 4) is 0 Å². The first-order chi connectivity index (χ1) is 13.7. The maximum atomic E-state index is 13.3. The summed E-state index contributed by atoms with van der Waals surface area (Å²) in [7, 11) is 0. The van der Waals surface area contributed by atoms with Crippen molar-refractivity contribution in [2.45, 2.75) is 50.9 Å². The SMILES string of the molecule is Cc1ccc(C2CC(C(=O)N(Cc3ccccn3)CC3CCCO3)NN2)cc1. The lowest BCUT2D eigenvalue weighted by atomic mass is 10.0. The summed E-state index contributed by atoms with van der Waals surface area (Å²) in [6, 6.07) is 14.2. The summed E-state index contributed by atoms with van der Waals surface area (Å²) in [4.78, 5) is 19.6. The van der Waals surface area contributed by atoms with E-state index in [1.54, 1.807) is 6.20 Å². The number of aryl methyl sites for hydroxylation is 1. The van der Waals surface area contributed by atoms with Gasteiger partial charge in [0, 0.05) is 25.4 Å². The van der Waals surface area contributed by atoms with Crippen LogP contribution >= 0.6 is 0 Å². The molecular formula is C22H28N4O2. The van der Waals surface area contributed by atoms with Crippen molar-refractivity contribution >= 4 is 5.91 Å². The van der Waals surface area contributed by atoms with Crippen molar-refractivity contribution in [1.29, 1.82) is 0 Å². The Hall–Kier alpha value is -2.28. The quantitative estimate of drug-likeness (QED) is 0.806. The van der Waals surface area contributed by atoms with Crippen LogP contribution in [0.25, 0.3) is 0 Å². The first-order valence-corrected chi connectivity index (χ1v) is 10.1. The number of ether oxygens (including phenoxy) is 1. The van der Waals surface area contributed by atoms with Crippen LogP contribution in [0.2, 0.25) is 0 Å². The van der Waals surface area contributed by atoms with Crippen LogP contribution in [0.5, 0.6) is 0 Å². The predicted molar refractivity (Wildman–Crippen MR) is 107 cm³/mol. The fourth-order valence-corrected chi connectivity index (χ4v) is 3.91. The van der Waals surface area contributed by atoms with E-state index in [-0.39, 0.29) is 24.1 Å². The summed E-state index contributed by atoms with van der Waals surface area (Å²) < 4.78 is 5.79. The van der Waals surface area contributed by atoms with Gasteiger partial charge in [-0.1, -0.05) is 35.9 Å². The molecule has 1 aromatic heterocycles. The molecular weight excluding hydrogens is 352 g/mol. The lowest BCUT2D eigenvalue weighted by Crippen LogP contribution is -2.47. The predicted octanol–water partition coefficient (Wildman–Crippen LogP) is 2.51. The van der Waals surface area contributed by atoms with Crippen LogP contribution in [-0.2, 0) is 16.1 Å². The molecule has 3 atom stereocenters. The molecule has 6 nitrogen and oxygen atoms in total. The van der Waals surface area contributed by atoms with E-state index in [1.165, 1.54) is 11.1 Å². The Bertz CT molecular complexity index is 775. The molecule has 0 saturated carbocycles. The molecule has 28 heavy (non-hydrogen) atoms. The average Bonchev–Trinajstić information content (AvgIpc) is 3.40. The lowest BCUT2D eigenvalue weighted by Gasteiger charge is -2.27. The number of hydrazine groups is 1. The topological polar surface area (TPSA) is 66.5 Å². The first kappa shape index (κ1) is 19.1. The van der Waals surface area contributed by atoms with Crippen molar-refractivity contribution in [2.24, 2.45) is 0 Å². The van der Waals surface area contributed by atoms with E-state index in [1.807, 2.05) is 23.1 Å². The zero-order valence-electron chi connectivity index (χ0n) is 16.3. The second-order valence-corrected chi connectivity index (χ2v) is 7.72. The molecule has 0 spiro atoms. The van der Waals surface area contributed by atoms with Crippen molar-refractivity contribution in [3.05, 3.63) is 65.5 Å². The second-order valence-electron chi connectivity index (χ2n) is 7.72. The van der Waals surface area contributed by atoms with E-state index >= 15 is 0 Å². The third-order valence-electron chi connectivity index (χ3n) is 5.52. The molecule has 2 fully saturated rings. The number of carbonyl (C=O) groups excluding carboxylic acids is 1. The van der Waals surface area contributed by atoms with Crippen molar-refractivity contribution in [1.82, 2.24) is 20.7 Å². The van der Waals surface area contributed by atoms with Gasteiger partial charge in [0.05, 0.1) is 18.3 Å². The van der Waals surface area contributed by atoms with Crippen LogP contribution in [0.3, 0.4) is 0 Å². The molecule has 3 unspecified atom stereocenters. The molecule has 6 heteroatoms. The molecule has 2 aliphatic heterocycles. The van der Waals surface area contributed by atoms with Gasteiger partial charge in [0.2, 0.25) is 5.91 Å². The third kappa shape index (κ3) is 4.58. The molecule has 148 valence electrons.